The third-order valence-electron chi connectivity index (χ3n) is 4.45. The smallest absolute Gasteiger partial charge is 0.258 e. The Labute approximate surface area is 141 Å². The van der Waals surface area contributed by atoms with Crippen LogP contribution in [-0.4, -0.2) is 44.0 Å². The fourth-order valence-electron chi connectivity index (χ4n) is 2.88. The Hall–Kier alpha value is -2.40. The van der Waals surface area contributed by atoms with Crippen molar-refractivity contribution in [1.82, 2.24) is 4.90 Å². The van der Waals surface area contributed by atoms with Crippen LogP contribution < -0.4 is 10.2 Å². The van der Waals surface area contributed by atoms with Crippen molar-refractivity contribution in [2.75, 3.05) is 43.4 Å². The number of anilines is 2. The average Bonchev–Trinajstić information content (AvgIpc) is 2.57. The van der Waals surface area contributed by atoms with Crippen LogP contribution >= 0.6 is 0 Å². The quantitative estimate of drug-likeness (QED) is 0.941. The standard InChI is InChI=1S/C19H22FN3O/c1-14-13-15(23-11-9-22(2)10-12-23)7-8-18(14)21-19(24)16-5-3-4-6-17(16)20/h3-8,13H,9-12H2,1-2H3,(H,21,24). The summed E-state index contributed by atoms with van der Waals surface area (Å²) in [5.74, 6) is -0.940. The number of hydrogen-bond acceptors (Lipinski definition) is 3. The van der Waals surface area contributed by atoms with Gasteiger partial charge in [0.25, 0.3) is 5.91 Å². The molecule has 4 nitrogen and oxygen atoms in total. The SMILES string of the molecule is Cc1cc(N2CCN(C)CC2)ccc1NC(=O)c1ccccc1F. The number of hydrogen-bond donors (Lipinski definition) is 1. The number of carbonyl (C=O) groups is 1. The molecule has 1 amide bonds. The minimum absolute atomic E-state index is 0.0556. The first-order valence-electron chi connectivity index (χ1n) is 8.14. The molecule has 0 aromatic heterocycles. The molecule has 2 aromatic rings. The van der Waals surface area contributed by atoms with E-state index in [4.69, 9.17) is 0 Å². The van der Waals surface area contributed by atoms with Crippen molar-refractivity contribution in [1.29, 1.82) is 0 Å². The summed E-state index contributed by atoms with van der Waals surface area (Å²) in [7, 11) is 2.13. The van der Waals surface area contributed by atoms with Crippen LogP contribution in [0.15, 0.2) is 42.5 Å². The molecule has 0 aliphatic carbocycles. The zero-order valence-corrected chi connectivity index (χ0v) is 14.1. The van der Waals surface area contributed by atoms with Gasteiger partial charge in [-0.25, -0.2) is 4.39 Å². The fourth-order valence-corrected chi connectivity index (χ4v) is 2.88. The van der Waals surface area contributed by atoms with E-state index in [1.165, 1.54) is 12.1 Å². The first-order valence-corrected chi connectivity index (χ1v) is 8.14. The molecule has 0 atom stereocenters. The van der Waals surface area contributed by atoms with Gasteiger partial charge in [-0.15, -0.1) is 0 Å². The van der Waals surface area contributed by atoms with Crippen LogP contribution in [0.25, 0.3) is 0 Å². The van der Waals surface area contributed by atoms with Gasteiger partial charge in [-0.3, -0.25) is 4.79 Å². The highest BCUT2D eigenvalue weighted by atomic mass is 19.1. The largest absolute Gasteiger partial charge is 0.369 e. The summed E-state index contributed by atoms with van der Waals surface area (Å²) >= 11 is 0. The van der Waals surface area contributed by atoms with E-state index >= 15 is 0 Å². The lowest BCUT2D eigenvalue weighted by Crippen LogP contribution is -2.44. The van der Waals surface area contributed by atoms with Gasteiger partial charge in [0.15, 0.2) is 0 Å². The minimum Gasteiger partial charge on any atom is -0.369 e. The molecular formula is C19H22FN3O. The van der Waals surface area contributed by atoms with E-state index in [1.807, 2.05) is 19.1 Å². The highest BCUT2D eigenvalue weighted by molar-refractivity contribution is 6.04. The third kappa shape index (κ3) is 3.57. The molecular weight excluding hydrogens is 305 g/mol. The summed E-state index contributed by atoms with van der Waals surface area (Å²) in [5.41, 5.74) is 2.89. The number of piperazine rings is 1. The normalized spacial score (nSPS) is 15.4. The van der Waals surface area contributed by atoms with Crippen LogP contribution in [0.2, 0.25) is 0 Å². The maximum Gasteiger partial charge on any atom is 0.258 e. The lowest BCUT2D eigenvalue weighted by atomic mass is 10.1. The molecule has 3 rings (SSSR count). The Kier molecular flexibility index (Phi) is 4.81. The monoisotopic (exact) mass is 327 g/mol. The number of nitrogens with zero attached hydrogens (tertiary/aromatic N) is 2. The lowest BCUT2D eigenvalue weighted by Gasteiger charge is -2.34. The van der Waals surface area contributed by atoms with E-state index < -0.39 is 11.7 Å². The first-order chi connectivity index (χ1) is 11.5. The summed E-state index contributed by atoms with van der Waals surface area (Å²) in [6.07, 6.45) is 0. The predicted molar refractivity (Wildman–Crippen MR) is 95.2 cm³/mol. The Balaban J connectivity index is 1.73. The van der Waals surface area contributed by atoms with Crippen LogP contribution in [0.4, 0.5) is 15.8 Å². The van der Waals surface area contributed by atoms with Gasteiger partial charge in [-0.05, 0) is 49.9 Å². The summed E-state index contributed by atoms with van der Waals surface area (Å²) < 4.78 is 13.7. The Morgan fingerprint density at radius 2 is 1.79 bits per heavy atom. The van der Waals surface area contributed by atoms with Crippen molar-refractivity contribution in [3.63, 3.8) is 0 Å². The lowest BCUT2D eigenvalue weighted by molar-refractivity contribution is 0.102. The van der Waals surface area contributed by atoms with Crippen molar-refractivity contribution in [2.45, 2.75) is 6.92 Å². The molecule has 0 bridgehead atoms. The molecule has 0 unspecified atom stereocenters. The molecule has 0 saturated carbocycles. The molecule has 1 N–H and O–H groups in total. The molecule has 1 saturated heterocycles. The van der Waals surface area contributed by atoms with Crippen molar-refractivity contribution in [3.8, 4) is 0 Å². The van der Waals surface area contributed by atoms with E-state index in [1.54, 1.807) is 12.1 Å². The van der Waals surface area contributed by atoms with Crippen LogP contribution in [0.1, 0.15) is 15.9 Å². The average molecular weight is 327 g/mol. The Morgan fingerprint density at radius 3 is 2.46 bits per heavy atom. The van der Waals surface area contributed by atoms with Crippen LogP contribution in [-0.2, 0) is 0 Å². The first kappa shape index (κ1) is 16.5. The Morgan fingerprint density at radius 1 is 1.08 bits per heavy atom. The Bertz CT molecular complexity index is 739. The third-order valence-corrected chi connectivity index (χ3v) is 4.45. The second-order valence-corrected chi connectivity index (χ2v) is 6.22. The highest BCUT2D eigenvalue weighted by Crippen LogP contribution is 2.24. The number of benzene rings is 2. The van der Waals surface area contributed by atoms with E-state index in [-0.39, 0.29) is 5.56 Å². The van der Waals surface area contributed by atoms with Crippen molar-refractivity contribution in [3.05, 3.63) is 59.4 Å². The molecule has 5 heteroatoms. The summed E-state index contributed by atoms with van der Waals surface area (Å²) in [4.78, 5) is 16.9. The molecule has 0 spiro atoms. The fraction of sp³-hybridized carbons (Fsp3) is 0.316. The van der Waals surface area contributed by atoms with E-state index in [0.717, 1.165) is 37.4 Å². The minimum atomic E-state index is -0.512. The number of aryl methyl sites for hydroxylation is 1. The van der Waals surface area contributed by atoms with Gasteiger partial charge >= 0.3 is 0 Å². The van der Waals surface area contributed by atoms with Gasteiger partial charge in [-0.2, -0.15) is 0 Å². The van der Waals surface area contributed by atoms with Gasteiger partial charge in [0.05, 0.1) is 5.56 Å². The zero-order valence-electron chi connectivity index (χ0n) is 14.1. The number of carbonyl (C=O) groups excluding carboxylic acids is 1. The summed E-state index contributed by atoms with van der Waals surface area (Å²) in [6, 6.07) is 12.0. The van der Waals surface area contributed by atoms with Crippen LogP contribution in [0.3, 0.4) is 0 Å². The molecule has 2 aromatic carbocycles. The number of halogens is 1. The number of likely N-dealkylation sites (N-methyl/N-ethyl adjacent to an activating group) is 1. The van der Waals surface area contributed by atoms with Crippen LogP contribution in [0.5, 0.6) is 0 Å². The van der Waals surface area contributed by atoms with Gasteiger partial charge < -0.3 is 15.1 Å². The van der Waals surface area contributed by atoms with Crippen molar-refractivity contribution >= 4 is 17.3 Å². The summed E-state index contributed by atoms with van der Waals surface area (Å²) in [6.45, 7) is 6.04. The van der Waals surface area contributed by atoms with E-state index in [0.29, 0.717) is 5.69 Å². The van der Waals surface area contributed by atoms with Crippen molar-refractivity contribution < 1.29 is 9.18 Å². The van der Waals surface area contributed by atoms with Gasteiger partial charge in [-0.1, -0.05) is 12.1 Å². The van der Waals surface area contributed by atoms with Crippen molar-refractivity contribution in [2.24, 2.45) is 0 Å². The molecule has 1 aliphatic rings. The zero-order chi connectivity index (χ0) is 17.1. The van der Waals surface area contributed by atoms with E-state index in [2.05, 4.69) is 28.2 Å². The second-order valence-electron chi connectivity index (χ2n) is 6.22. The second kappa shape index (κ2) is 7.01. The molecule has 126 valence electrons. The topological polar surface area (TPSA) is 35.6 Å². The number of amides is 1. The number of rotatable bonds is 3. The van der Waals surface area contributed by atoms with E-state index in [9.17, 15) is 9.18 Å². The highest BCUT2D eigenvalue weighted by Gasteiger charge is 2.16. The molecule has 1 aliphatic heterocycles. The maximum atomic E-state index is 13.7. The molecule has 24 heavy (non-hydrogen) atoms. The molecule has 1 heterocycles. The van der Waals surface area contributed by atoms with Crippen LogP contribution in [0, 0.1) is 12.7 Å². The number of nitrogens with one attached hydrogen (secondary N) is 1. The maximum absolute atomic E-state index is 13.7. The summed E-state index contributed by atoms with van der Waals surface area (Å²) in [5, 5.41) is 2.80. The molecule has 0 radical (unpaired) electrons. The predicted octanol–water partition coefficient (Wildman–Crippen LogP) is 3.14. The van der Waals surface area contributed by atoms with Gasteiger partial charge in [0.2, 0.25) is 0 Å². The molecule has 1 fully saturated rings. The van der Waals surface area contributed by atoms with Gasteiger partial charge in [0.1, 0.15) is 5.82 Å². The van der Waals surface area contributed by atoms with Gasteiger partial charge in [0, 0.05) is 37.6 Å².